The van der Waals surface area contributed by atoms with E-state index in [9.17, 15) is 5.11 Å². The van der Waals surface area contributed by atoms with Crippen molar-refractivity contribution in [3.8, 4) is 5.75 Å². The molecule has 18 heavy (non-hydrogen) atoms. The summed E-state index contributed by atoms with van der Waals surface area (Å²) in [6.07, 6.45) is 7.78. The zero-order chi connectivity index (χ0) is 12.8. The van der Waals surface area contributed by atoms with Crippen molar-refractivity contribution in [3.05, 3.63) is 29.3 Å². The largest absolute Gasteiger partial charge is 0.493 e. The van der Waals surface area contributed by atoms with E-state index < -0.39 is 0 Å². The highest BCUT2D eigenvalue weighted by molar-refractivity contribution is 5.40. The predicted molar refractivity (Wildman–Crippen MR) is 74.0 cm³/mol. The Balaban J connectivity index is 1.80. The average Bonchev–Trinajstić information content (AvgIpc) is 2.85. The highest BCUT2D eigenvalue weighted by atomic mass is 16.5. The molecule has 0 aromatic heterocycles. The predicted octanol–water partition coefficient (Wildman–Crippen LogP) is 4.02. The van der Waals surface area contributed by atoms with Crippen LogP contribution in [0.15, 0.2) is 18.2 Å². The zero-order valence-corrected chi connectivity index (χ0v) is 11.3. The number of fused-ring (bicyclic) bond motifs is 1. The maximum absolute atomic E-state index is 10.2. The van der Waals surface area contributed by atoms with Crippen molar-refractivity contribution in [1.82, 2.24) is 0 Å². The van der Waals surface area contributed by atoms with Crippen molar-refractivity contribution in [2.24, 2.45) is 0 Å². The molecule has 0 spiro atoms. The normalized spacial score (nSPS) is 15.2. The molecule has 0 saturated heterocycles. The number of ether oxygens (including phenoxy) is 1. The van der Waals surface area contributed by atoms with Crippen molar-refractivity contribution in [2.75, 3.05) is 6.61 Å². The minimum Gasteiger partial charge on any atom is -0.493 e. The summed E-state index contributed by atoms with van der Waals surface area (Å²) >= 11 is 0. The number of hydrogen-bond donors (Lipinski definition) is 1. The van der Waals surface area contributed by atoms with Gasteiger partial charge in [-0.2, -0.15) is 0 Å². The van der Waals surface area contributed by atoms with Crippen LogP contribution in [0.4, 0.5) is 0 Å². The van der Waals surface area contributed by atoms with Crippen molar-refractivity contribution >= 4 is 0 Å². The second-order valence-corrected chi connectivity index (χ2v) is 5.18. The minimum atomic E-state index is -0.308. The highest BCUT2D eigenvalue weighted by Gasteiger charge is 2.15. The van der Waals surface area contributed by atoms with Gasteiger partial charge in [0, 0.05) is 6.42 Å². The van der Waals surface area contributed by atoms with Crippen LogP contribution in [0.5, 0.6) is 5.75 Å². The topological polar surface area (TPSA) is 29.5 Å². The Kier molecular flexibility index (Phi) is 5.06. The van der Waals surface area contributed by atoms with Crippen LogP contribution in [-0.2, 0) is 6.42 Å². The van der Waals surface area contributed by atoms with E-state index in [1.165, 1.54) is 31.2 Å². The molecule has 0 aliphatic carbocycles. The van der Waals surface area contributed by atoms with Crippen LogP contribution in [0.25, 0.3) is 0 Å². The lowest BCUT2D eigenvalue weighted by Gasteiger charge is -2.12. The summed E-state index contributed by atoms with van der Waals surface area (Å²) in [5.74, 6) is 0.994. The Morgan fingerprint density at radius 3 is 2.89 bits per heavy atom. The molecule has 2 nitrogen and oxygen atoms in total. The van der Waals surface area contributed by atoms with Crippen molar-refractivity contribution < 1.29 is 9.84 Å². The summed E-state index contributed by atoms with van der Waals surface area (Å²) in [7, 11) is 0. The summed E-state index contributed by atoms with van der Waals surface area (Å²) in [4.78, 5) is 0. The molecule has 2 heteroatoms. The maximum Gasteiger partial charge on any atom is 0.122 e. The fraction of sp³-hybridized carbons (Fsp3) is 0.625. The highest BCUT2D eigenvalue weighted by Crippen LogP contribution is 2.29. The molecule has 1 N–H and O–H groups in total. The maximum atomic E-state index is 10.2. The fourth-order valence-electron chi connectivity index (χ4n) is 2.52. The second kappa shape index (κ2) is 6.79. The monoisotopic (exact) mass is 248 g/mol. The van der Waals surface area contributed by atoms with E-state index >= 15 is 0 Å². The minimum absolute atomic E-state index is 0.308. The molecule has 1 atom stereocenters. The van der Waals surface area contributed by atoms with Crippen LogP contribution < -0.4 is 4.74 Å². The molecule has 0 amide bonds. The van der Waals surface area contributed by atoms with E-state index in [4.69, 9.17) is 4.74 Å². The first-order chi connectivity index (χ1) is 8.81. The number of unbranched alkanes of at least 4 members (excludes halogenated alkanes) is 4. The average molecular weight is 248 g/mol. The van der Waals surface area contributed by atoms with E-state index in [-0.39, 0.29) is 6.10 Å². The molecule has 2 rings (SSSR count). The summed E-state index contributed by atoms with van der Waals surface area (Å²) in [6.45, 7) is 3.01. The molecule has 1 heterocycles. The molecular weight excluding hydrogens is 224 g/mol. The molecule has 1 aromatic rings. The molecule has 0 radical (unpaired) electrons. The zero-order valence-electron chi connectivity index (χ0n) is 11.3. The summed E-state index contributed by atoms with van der Waals surface area (Å²) < 4.78 is 5.48. The van der Waals surface area contributed by atoms with Gasteiger partial charge in [-0.1, -0.05) is 45.1 Å². The van der Waals surface area contributed by atoms with Gasteiger partial charge in [0.25, 0.3) is 0 Å². The summed E-state index contributed by atoms with van der Waals surface area (Å²) in [5, 5.41) is 10.2. The van der Waals surface area contributed by atoms with E-state index in [1.807, 2.05) is 12.1 Å². The van der Waals surface area contributed by atoms with Crippen LogP contribution in [0, 0.1) is 0 Å². The van der Waals surface area contributed by atoms with Gasteiger partial charge < -0.3 is 9.84 Å². The van der Waals surface area contributed by atoms with E-state index in [2.05, 4.69) is 13.0 Å². The van der Waals surface area contributed by atoms with Crippen LogP contribution in [0.1, 0.15) is 62.7 Å². The van der Waals surface area contributed by atoms with Crippen LogP contribution in [0.2, 0.25) is 0 Å². The van der Waals surface area contributed by atoms with Crippen LogP contribution in [0.3, 0.4) is 0 Å². The smallest absolute Gasteiger partial charge is 0.122 e. The van der Waals surface area contributed by atoms with Crippen molar-refractivity contribution in [1.29, 1.82) is 0 Å². The van der Waals surface area contributed by atoms with Gasteiger partial charge in [0.2, 0.25) is 0 Å². The van der Waals surface area contributed by atoms with Gasteiger partial charge in [-0.15, -0.1) is 0 Å². The molecule has 1 aliphatic rings. The van der Waals surface area contributed by atoms with E-state index in [0.717, 1.165) is 37.2 Å². The van der Waals surface area contributed by atoms with Crippen molar-refractivity contribution in [2.45, 2.75) is 58.0 Å². The van der Waals surface area contributed by atoms with Crippen LogP contribution >= 0.6 is 0 Å². The van der Waals surface area contributed by atoms with Gasteiger partial charge >= 0.3 is 0 Å². The number of aliphatic hydroxyl groups is 1. The standard InChI is InChI=1S/C16H24O2/c1-2-3-4-5-6-7-15(17)13-8-9-16-14(12-13)10-11-18-16/h8-9,12,15,17H,2-7,10-11H2,1H3. The molecule has 1 aromatic carbocycles. The summed E-state index contributed by atoms with van der Waals surface area (Å²) in [6, 6.07) is 6.11. The SMILES string of the molecule is CCCCCCCC(O)c1ccc2c(c1)CCO2. The number of aliphatic hydroxyl groups excluding tert-OH is 1. The molecule has 1 unspecified atom stereocenters. The lowest BCUT2D eigenvalue weighted by Crippen LogP contribution is -1.98. The van der Waals surface area contributed by atoms with Crippen LogP contribution in [-0.4, -0.2) is 11.7 Å². The second-order valence-electron chi connectivity index (χ2n) is 5.18. The van der Waals surface area contributed by atoms with Gasteiger partial charge in [-0.25, -0.2) is 0 Å². The van der Waals surface area contributed by atoms with Gasteiger partial charge in [0.15, 0.2) is 0 Å². The summed E-state index contributed by atoms with van der Waals surface area (Å²) in [5.41, 5.74) is 2.30. The first-order valence-electron chi connectivity index (χ1n) is 7.25. The first kappa shape index (κ1) is 13.4. The quantitative estimate of drug-likeness (QED) is 0.739. The third-order valence-electron chi connectivity index (χ3n) is 3.68. The third-order valence-corrected chi connectivity index (χ3v) is 3.68. The molecular formula is C16H24O2. The van der Waals surface area contributed by atoms with Gasteiger partial charge in [-0.05, 0) is 29.7 Å². The third kappa shape index (κ3) is 3.49. The molecule has 0 saturated carbocycles. The Hall–Kier alpha value is -1.02. The Labute approximate surface area is 110 Å². The molecule has 100 valence electrons. The number of rotatable bonds is 7. The number of benzene rings is 1. The lowest BCUT2D eigenvalue weighted by molar-refractivity contribution is 0.163. The first-order valence-corrected chi connectivity index (χ1v) is 7.25. The fourth-order valence-corrected chi connectivity index (χ4v) is 2.52. The Morgan fingerprint density at radius 1 is 1.22 bits per heavy atom. The molecule has 0 bridgehead atoms. The Morgan fingerprint density at radius 2 is 2.06 bits per heavy atom. The van der Waals surface area contributed by atoms with Gasteiger partial charge in [-0.3, -0.25) is 0 Å². The molecule has 1 aliphatic heterocycles. The van der Waals surface area contributed by atoms with Crippen molar-refractivity contribution in [3.63, 3.8) is 0 Å². The number of hydrogen-bond acceptors (Lipinski definition) is 2. The Bertz CT molecular complexity index is 373. The van der Waals surface area contributed by atoms with E-state index in [0.29, 0.717) is 0 Å². The van der Waals surface area contributed by atoms with E-state index in [1.54, 1.807) is 0 Å². The molecule has 0 fully saturated rings. The van der Waals surface area contributed by atoms with Gasteiger partial charge in [0.1, 0.15) is 5.75 Å². The lowest BCUT2D eigenvalue weighted by atomic mass is 10.00. The van der Waals surface area contributed by atoms with Gasteiger partial charge in [0.05, 0.1) is 12.7 Å².